The monoisotopic (exact) mass is 336 g/mol. The Morgan fingerprint density at radius 2 is 1.82 bits per heavy atom. The second-order valence-electron chi connectivity index (χ2n) is 4.29. The molecule has 0 radical (unpaired) electrons. The van der Waals surface area contributed by atoms with Gasteiger partial charge in [0.15, 0.2) is 0 Å². The van der Waals surface area contributed by atoms with Crippen molar-refractivity contribution >= 4 is 35.3 Å². The number of carbonyl (C=O) groups is 1. The number of amides is 1. The zero-order valence-electron chi connectivity index (χ0n) is 11.8. The van der Waals surface area contributed by atoms with Crippen LogP contribution in [0.2, 0.25) is 10.0 Å². The van der Waals surface area contributed by atoms with Gasteiger partial charge >= 0.3 is 0 Å². The Morgan fingerprint density at radius 1 is 1.18 bits per heavy atom. The van der Waals surface area contributed by atoms with Gasteiger partial charge in [-0.15, -0.1) is 0 Å². The van der Waals surface area contributed by atoms with Crippen LogP contribution in [0.25, 0.3) is 0 Å². The highest BCUT2D eigenvalue weighted by Crippen LogP contribution is 2.22. The number of rotatable bonds is 5. The molecule has 0 aromatic heterocycles. The first-order chi connectivity index (χ1) is 10.6. The maximum Gasteiger partial charge on any atom is 0.271 e. The third kappa shape index (κ3) is 4.23. The minimum atomic E-state index is -0.331. The summed E-state index contributed by atoms with van der Waals surface area (Å²) in [6, 6.07) is 11.9. The molecule has 0 aliphatic carbocycles. The molecule has 2 aromatic carbocycles. The highest BCUT2D eigenvalue weighted by molar-refractivity contribution is 6.38. The summed E-state index contributed by atoms with van der Waals surface area (Å²) in [6.45, 7) is 2.48. The average Bonchev–Trinajstić information content (AvgIpc) is 2.51. The Balaban J connectivity index is 2.01. The van der Waals surface area contributed by atoms with E-state index in [0.717, 1.165) is 0 Å². The van der Waals surface area contributed by atoms with Gasteiger partial charge in [-0.2, -0.15) is 5.10 Å². The molecular weight excluding hydrogens is 323 g/mol. The number of halogens is 2. The Bertz CT molecular complexity index is 665. The summed E-state index contributed by atoms with van der Waals surface area (Å²) in [4.78, 5) is 11.9. The van der Waals surface area contributed by atoms with Gasteiger partial charge in [-0.25, -0.2) is 5.43 Å². The van der Waals surface area contributed by atoms with E-state index in [0.29, 0.717) is 33.5 Å². The fourth-order valence-electron chi connectivity index (χ4n) is 1.72. The van der Waals surface area contributed by atoms with E-state index in [1.807, 2.05) is 6.92 Å². The summed E-state index contributed by atoms with van der Waals surface area (Å²) in [6.07, 6.45) is 1.41. The van der Waals surface area contributed by atoms with Gasteiger partial charge in [-0.05, 0) is 43.3 Å². The van der Waals surface area contributed by atoms with Crippen LogP contribution in [0, 0.1) is 0 Å². The van der Waals surface area contributed by atoms with E-state index in [1.54, 1.807) is 42.5 Å². The minimum absolute atomic E-state index is 0.331. The number of benzene rings is 2. The van der Waals surface area contributed by atoms with Crippen LogP contribution in [0.4, 0.5) is 0 Å². The number of hydrogen-bond donors (Lipinski definition) is 1. The highest BCUT2D eigenvalue weighted by atomic mass is 35.5. The van der Waals surface area contributed by atoms with Gasteiger partial charge in [0.25, 0.3) is 5.91 Å². The van der Waals surface area contributed by atoms with Gasteiger partial charge in [0.05, 0.1) is 22.9 Å². The molecule has 114 valence electrons. The molecule has 0 saturated carbocycles. The molecule has 1 N–H and O–H groups in total. The third-order valence-electron chi connectivity index (χ3n) is 2.79. The molecule has 0 aliphatic heterocycles. The van der Waals surface area contributed by atoms with E-state index in [4.69, 9.17) is 27.9 Å². The predicted octanol–water partition coefficient (Wildman–Crippen LogP) is 4.16. The van der Waals surface area contributed by atoms with Crippen LogP contribution < -0.4 is 10.2 Å². The number of ether oxygens (including phenoxy) is 1. The predicted molar refractivity (Wildman–Crippen MR) is 89.1 cm³/mol. The molecule has 22 heavy (non-hydrogen) atoms. The Labute approximate surface area is 138 Å². The number of nitrogens with one attached hydrogen (secondary N) is 1. The van der Waals surface area contributed by atoms with Gasteiger partial charge in [-0.1, -0.05) is 29.3 Å². The first-order valence-electron chi connectivity index (χ1n) is 6.62. The Morgan fingerprint density at radius 3 is 2.41 bits per heavy atom. The topological polar surface area (TPSA) is 50.7 Å². The van der Waals surface area contributed by atoms with Crippen LogP contribution in [0.5, 0.6) is 5.75 Å². The van der Waals surface area contributed by atoms with E-state index in [-0.39, 0.29) is 5.91 Å². The molecule has 0 aliphatic rings. The van der Waals surface area contributed by atoms with E-state index >= 15 is 0 Å². The lowest BCUT2D eigenvalue weighted by atomic mass is 10.2. The summed E-state index contributed by atoms with van der Waals surface area (Å²) in [7, 11) is 0. The fraction of sp³-hybridized carbons (Fsp3) is 0.125. The van der Waals surface area contributed by atoms with Crippen molar-refractivity contribution in [3.63, 3.8) is 0 Å². The maximum absolute atomic E-state index is 11.9. The molecule has 2 aromatic rings. The van der Waals surface area contributed by atoms with E-state index in [1.165, 1.54) is 6.21 Å². The van der Waals surface area contributed by atoms with Crippen LogP contribution in [-0.4, -0.2) is 18.7 Å². The van der Waals surface area contributed by atoms with Crippen LogP contribution in [0.3, 0.4) is 0 Å². The van der Waals surface area contributed by atoms with Crippen molar-refractivity contribution in [3.05, 3.63) is 63.6 Å². The maximum atomic E-state index is 11.9. The van der Waals surface area contributed by atoms with Gasteiger partial charge in [0.2, 0.25) is 0 Å². The molecule has 4 nitrogen and oxygen atoms in total. The van der Waals surface area contributed by atoms with Crippen molar-refractivity contribution < 1.29 is 9.53 Å². The molecule has 0 saturated heterocycles. The van der Waals surface area contributed by atoms with Crippen LogP contribution in [0.1, 0.15) is 22.8 Å². The van der Waals surface area contributed by atoms with E-state index in [9.17, 15) is 4.79 Å². The normalized spacial score (nSPS) is 10.7. The average molecular weight is 337 g/mol. The number of carbonyl (C=O) groups excluding carboxylic acids is 1. The second kappa shape index (κ2) is 7.82. The molecule has 0 unspecified atom stereocenters. The third-order valence-corrected chi connectivity index (χ3v) is 3.45. The summed E-state index contributed by atoms with van der Waals surface area (Å²) < 4.78 is 5.32. The van der Waals surface area contributed by atoms with Gasteiger partial charge < -0.3 is 4.74 Å². The van der Waals surface area contributed by atoms with Crippen molar-refractivity contribution in [2.24, 2.45) is 5.10 Å². The summed E-state index contributed by atoms with van der Waals surface area (Å²) in [5.41, 5.74) is 3.46. The van der Waals surface area contributed by atoms with Crippen molar-refractivity contribution in [2.75, 3.05) is 6.61 Å². The molecule has 1 amide bonds. The number of hydrazone groups is 1. The molecule has 2 rings (SSSR count). The Kier molecular flexibility index (Phi) is 5.81. The molecule has 0 fully saturated rings. The second-order valence-corrected chi connectivity index (χ2v) is 5.11. The highest BCUT2D eigenvalue weighted by Gasteiger charge is 2.05. The van der Waals surface area contributed by atoms with Crippen molar-refractivity contribution in [1.29, 1.82) is 0 Å². The molecule has 6 heteroatoms. The molecular formula is C16H14Cl2N2O2. The first kappa shape index (κ1) is 16.3. The van der Waals surface area contributed by atoms with Crippen molar-refractivity contribution in [3.8, 4) is 5.75 Å². The number of hydrogen-bond acceptors (Lipinski definition) is 3. The standard InChI is InChI=1S/C16H14Cl2N2O2/c1-2-22-12-8-6-11(7-9-12)16(21)20-19-10-13-14(17)4-3-5-15(13)18/h3-10H,2H2,1H3,(H,20,21)/b19-10+. The lowest BCUT2D eigenvalue weighted by Gasteiger charge is -2.04. The molecule has 0 bridgehead atoms. The fourth-order valence-corrected chi connectivity index (χ4v) is 2.22. The van der Waals surface area contributed by atoms with Crippen LogP contribution in [-0.2, 0) is 0 Å². The zero-order valence-corrected chi connectivity index (χ0v) is 13.4. The largest absolute Gasteiger partial charge is 0.494 e. The summed E-state index contributed by atoms with van der Waals surface area (Å²) >= 11 is 12.0. The van der Waals surface area contributed by atoms with Crippen LogP contribution >= 0.6 is 23.2 Å². The summed E-state index contributed by atoms with van der Waals surface area (Å²) in [5.74, 6) is 0.382. The van der Waals surface area contributed by atoms with Gasteiger partial charge in [0.1, 0.15) is 5.75 Å². The van der Waals surface area contributed by atoms with Gasteiger partial charge in [0, 0.05) is 11.1 Å². The van der Waals surface area contributed by atoms with E-state index in [2.05, 4.69) is 10.5 Å². The first-order valence-corrected chi connectivity index (χ1v) is 7.37. The van der Waals surface area contributed by atoms with Gasteiger partial charge in [-0.3, -0.25) is 4.79 Å². The molecule has 0 atom stereocenters. The molecule has 0 spiro atoms. The smallest absolute Gasteiger partial charge is 0.271 e. The number of nitrogens with zero attached hydrogens (tertiary/aromatic N) is 1. The lowest BCUT2D eigenvalue weighted by molar-refractivity contribution is 0.0955. The quantitative estimate of drug-likeness (QED) is 0.658. The van der Waals surface area contributed by atoms with Crippen molar-refractivity contribution in [1.82, 2.24) is 5.43 Å². The zero-order chi connectivity index (χ0) is 15.9. The minimum Gasteiger partial charge on any atom is -0.494 e. The lowest BCUT2D eigenvalue weighted by Crippen LogP contribution is -2.17. The SMILES string of the molecule is CCOc1ccc(C(=O)N/N=C/c2c(Cl)cccc2Cl)cc1. The van der Waals surface area contributed by atoms with Crippen molar-refractivity contribution in [2.45, 2.75) is 6.92 Å². The Hall–Kier alpha value is -2.04. The molecule has 0 heterocycles. The van der Waals surface area contributed by atoms with E-state index < -0.39 is 0 Å². The van der Waals surface area contributed by atoms with Crippen LogP contribution in [0.15, 0.2) is 47.6 Å². The summed E-state index contributed by atoms with van der Waals surface area (Å²) in [5, 5.41) is 4.80.